The minimum Gasteiger partial charge on any atom is -0.486 e. The molecule has 0 unspecified atom stereocenters. The van der Waals surface area contributed by atoms with Crippen LogP contribution in [0, 0.1) is 0 Å². The molecule has 1 aromatic heterocycles. The second-order valence-corrected chi connectivity index (χ2v) is 8.67. The summed E-state index contributed by atoms with van der Waals surface area (Å²) in [6.45, 7) is 4.39. The molecule has 1 aliphatic heterocycles. The summed E-state index contributed by atoms with van der Waals surface area (Å²) in [5.41, 5.74) is 0.684. The van der Waals surface area contributed by atoms with Crippen LogP contribution in [-0.2, 0) is 14.6 Å². The van der Waals surface area contributed by atoms with Crippen LogP contribution in [0.15, 0.2) is 62.9 Å². The van der Waals surface area contributed by atoms with Gasteiger partial charge in [0, 0.05) is 31.4 Å². The van der Waals surface area contributed by atoms with Gasteiger partial charge in [0.25, 0.3) is 0 Å². The van der Waals surface area contributed by atoms with Crippen LogP contribution in [-0.4, -0.2) is 46.4 Å². The maximum atomic E-state index is 13.4. The number of hydrogen-bond donors (Lipinski definition) is 1. The van der Waals surface area contributed by atoms with Crippen LogP contribution in [0.3, 0.4) is 0 Å². The number of hydrogen-bond acceptors (Lipinski definition) is 8. The summed E-state index contributed by atoms with van der Waals surface area (Å²) in [6, 6.07) is 13.7. The lowest BCUT2D eigenvalue weighted by molar-refractivity contribution is 0.147. The molecule has 164 valence electrons. The molecule has 0 bridgehead atoms. The molecule has 0 amide bonds. The molecule has 0 fully saturated rings. The van der Waals surface area contributed by atoms with Crippen molar-refractivity contribution < 1.29 is 27.0 Å². The van der Waals surface area contributed by atoms with Gasteiger partial charge in [-0.05, 0) is 37.6 Å². The van der Waals surface area contributed by atoms with Crippen molar-refractivity contribution in [2.24, 2.45) is 0 Å². The van der Waals surface area contributed by atoms with Crippen LogP contribution in [0.4, 0.5) is 5.88 Å². The van der Waals surface area contributed by atoms with Gasteiger partial charge < -0.3 is 23.9 Å². The number of nitrogens with zero attached hydrogens (tertiary/aromatic N) is 1. The number of anilines is 1. The zero-order valence-electron chi connectivity index (χ0n) is 17.2. The molecule has 1 N–H and O–H groups in total. The van der Waals surface area contributed by atoms with Crippen LogP contribution in [0.1, 0.15) is 13.3 Å². The lowest BCUT2D eigenvalue weighted by Crippen LogP contribution is -2.16. The van der Waals surface area contributed by atoms with Gasteiger partial charge in [-0.1, -0.05) is 18.2 Å². The Labute approximate surface area is 181 Å². The molecule has 0 aliphatic carbocycles. The molecule has 9 heteroatoms. The Balaban J connectivity index is 1.68. The highest BCUT2D eigenvalue weighted by Gasteiger charge is 2.30. The fourth-order valence-corrected chi connectivity index (χ4v) is 4.42. The predicted molar refractivity (Wildman–Crippen MR) is 114 cm³/mol. The maximum absolute atomic E-state index is 13.4. The molecule has 31 heavy (non-hydrogen) atoms. The lowest BCUT2D eigenvalue weighted by atomic mass is 10.2. The van der Waals surface area contributed by atoms with Crippen LogP contribution in [0.5, 0.6) is 11.5 Å². The molecular weight excluding hydrogens is 420 g/mol. The van der Waals surface area contributed by atoms with E-state index in [0.717, 1.165) is 0 Å². The molecule has 8 nitrogen and oxygen atoms in total. The number of benzene rings is 2. The van der Waals surface area contributed by atoms with Gasteiger partial charge >= 0.3 is 0 Å². The van der Waals surface area contributed by atoms with E-state index in [2.05, 4.69) is 10.3 Å². The fourth-order valence-electron chi connectivity index (χ4n) is 3.13. The van der Waals surface area contributed by atoms with Gasteiger partial charge in [-0.3, -0.25) is 0 Å². The van der Waals surface area contributed by atoms with E-state index < -0.39 is 9.84 Å². The SMILES string of the molecule is CCOCCCNc1oc(-c2ccccc2)nc1S(=O)(=O)c1ccc2c(c1)OCCO2. The second kappa shape index (κ2) is 9.40. The van der Waals surface area contributed by atoms with Crippen molar-refractivity contribution in [3.63, 3.8) is 0 Å². The van der Waals surface area contributed by atoms with E-state index >= 15 is 0 Å². The van der Waals surface area contributed by atoms with Gasteiger partial charge in [0.15, 0.2) is 11.5 Å². The standard InChI is InChI=1S/C22H24N2O6S/c1-2-27-12-6-11-23-21-22(24-20(30-21)16-7-4-3-5-8-16)31(25,26)17-9-10-18-19(15-17)29-14-13-28-18/h3-5,7-10,15,23H,2,6,11-14H2,1H3. The van der Waals surface area contributed by atoms with E-state index in [9.17, 15) is 8.42 Å². The average molecular weight is 445 g/mol. The van der Waals surface area contributed by atoms with Crippen molar-refractivity contribution in [2.45, 2.75) is 23.3 Å². The van der Waals surface area contributed by atoms with E-state index in [1.54, 1.807) is 6.07 Å². The molecule has 0 spiro atoms. The van der Waals surface area contributed by atoms with Crippen molar-refractivity contribution in [2.75, 3.05) is 38.3 Å². The minimum absolute atomic E-state index is 0.0574. The van der Waals surface area contributed by atoms with Gasteiger partial charge in [0.2, 0.25) is 26.6 Å². The first-order valence-corrected chi connectivity index (χ1v) is 11.6. The van der Waals surface area contributed by atoms with E-state index in [4.69, 9.17) is 18.6 Å². The van der Waals surface area contributed by atoms with Crippen LogP contribution >= 0.6 is 0 Å². The van der Waals surface area contributed by atoms with E-state index in [1.807, 2.05) is 37.3 Å². The number of sulfone groups is 1. The lowest BCUT2D eigenvalue weighted by Gasteiger charge is -2.18. The Morgan fingerprint density at radius 2 is 1.84 bits per heavy atom. The van der Waals surface area contributed by atoms with Gasteiger partial charge in [0.1, 0.15) is 13.2 Å². The molecule has 3 aromatic rings. The third kappa shape index (κ3) is 4.67. The highest BCUT2D eigenvalue weighted by atomic mass is 32.2. The molecule has 0 radical (unpaired) electrons. The Morgan fingerprint density at radius 3 is 2.61 bits per heavy atom. The summed E-state index contributed by atoms with van der Waals surface area (Å²) in [7, 11) is -3.97. The summed E-state index contributed by atoms with van der Waals surface area (Å²) in [4.78, 5) is 4.39. The maximum Gasteiger partial charge on any atom is 0.233 e. The van der Waals surface area contributed by atoms with Crippen LogP contribution in [0.2, 0.25) is 0 Å². The predicted octanol–water partition coefficient (Wildman–Crippen LogP) is 3.78. The zero-order chi connectivity index (χ0) is 21.7. The summed E-state index contributed by atoms with van der Waals surface area (Å²) < 4.78 is 49.1. The van der Waals surface area contributed by atoms with Crippen LogP contribution < -0.4 is 14.8 Å². The number of nitrogens with one attached hydrogen (secondary N) is 1. The largest absolute Gasteiger partial charge is 0.486 e. The normalized spacial score (nSPS) is 13.2. The second-order valence-electron chi connectivity index (χ2n) is 6.81. The topological polar surface area (TPSA) is 99.9 Å². The summed E-state index contributed by atoms with van der Waals surface area (Å²) >= 11 is 0. The third-order valence-electron chi connectivity index (χ3n) is 4.65. The molecule has 1 aliphatic rings. The van der Waals surface area contributed by atoms with Crippen molar-refractivity contribution in [3.8, 4) is 23.0 Å². The Hall–Kier alpha value is -3.04. The van der Waals surface area contributed by atoms with Gasteiger partial charge in [-0.25, -0.2) is 8.42 Å². The highest BCUT2D eigenvalue weighted by molar-refractivity contribution is 7.91. The van der Waals surface area contributed by atoms with Crippen LogP contribution in [0.25, 0.3) is 11.5 Å². The van der Waals surface area contributed by atoms with E-state index in [0.29, 0.717) is 56.5 Å². The Bertz CT molecular complexity index is 1130. The fraction of sp³-hybridized carbons (Fsp3) is 0.318. The number of ether oxygens (including phenoxy) is 3. The monoisotopic (exact) mass is 444 g/mol. The van der Waals surface area contributed by atoms with Crippen molar-refractivity contribution in [1.82, 2.24) is 4.98 Å². The smallest absolute Gasteiger partial charge is 0.233 e. The first-order chi connectivity index (χ1) is 15.1. The molecule has 2 heterocycles. The van der Waals surface area contributed by atoms with Gasteiger partial charge in [-0.15, -0.1) is 0 Å². The average Bonchev–Trinajstić information content (AvgIpc) is 3.24. The van der Waals surface area contributed by atoms with E-state index in [-0.39, 0.29) is 21.7 Å². The first-order valence-electron chi connectivity index (χ1n) is 10.1. The number of aromatic nitrogens is 1. The zero-order valence-corrected chi connectivity index (χ0v) is 18.0. The number of rotatable bonds is 9. The van der Waals surface area contributed by atoms with E-state index in [1.165, 1.54) is 12.1 Å². The van der Waals surface area contributed by atoms with Crippen molar-refractivity contribution in [3.05, 3.63) is 48.5 Å². The summed E-state index contributed by atoms with van der Waals surface area (Å²) in [6.07, 6.45) is 0.693. The Kier molecular flexibility index (Phi) is 6.43. The minimum atomic E-state index is -3.97. The molecule has 0 saturated carbocycles. The van der Waals surface area contributed by atoms with Crippen molar-refractivity contribution in [1.29, 1.82) is 0 Å². The molecular formula is C22H24N2O6S. The quantitative estimate of drug-likeness (QED) is 0.498. The highest BCUT2D eigenvalue weighted by Crippen LogP contribution is 2.37. The molecule has 2 aromatic carbocycles. The van der Waals surface area contributed by atoms with Gasteiger partial charge in [0.05, 0.1) is 4.90 Å². The van der Waals surface area contributed by atoms with Crippen molar-refractivity contribution >= 4 is 15.7 Å². The molecule has 0 atom stereocenters. The molecule has 0 saturated heterocycles. The number of fused-ring (bicyclic) bond motifs is 1. The Morgan fingerprint density at radius 1 is 1.06 bits per heavy atom. The number of oxazole rings is 1. The molecule has 4 rings (SSSR count). The van der Waals surface area contributed by atoms with Gasteiger partial charge in [-0.2, -0.15) is 4.98 Å². The summed E-state index contributed by atoms with van der Waals surface area (Å²) in [5.74, 6) is 1.24. The third-order valence-corrected chi connectivity index (χ3v) is 6.31. The summed E-state index contributed by atoms with van der Waals surface area (Å²) in [5, 5.41) is 2.89. The first kappa shape index (κ1) is 21.2.